The maximum atomic E-state index is 12.2. The second-order valence-electron chi connectivity index (χ2n) is 4.79. The van der Waals surface area contributed by atoms with Crippen LogP contribution in [0.3, 0.4) is 0 Å². The Bertz CT molecular complexity index is 603. The second kappa shape index (κ2) is 7.27. The van der Waals surface area contributed by atoms with Crippen LogP contribution in [0.4, 0.5) is 0 Å². The lowest BCUT2D eigenvalue weighted by molar-refractivity contribution is 0.102. The minimum atomic E-state index is 0.101. The maximum absolute atomic E-state index is 12.2. The maximum Gasteiger partial charge on any atom is 0.173 e. The third-order valence-electron chi connectivity index (χ3n) is 2.91. The van der Waals surface area contributed by atoms with Gasteiger partial charge < -0.3 is 4.74 Å². The van der Waals surface area contributed by atoms with Gasteiger partial charge in [0.05, 0.1) is 17.4 Å². The predicted molar refractivity (Wildman–Crippen MR) is 86.4 cm³/mol. The zero-order chi connectivity index (χ0) is 15.2. The molecule has 0 fully saturated rings. The summed E-state index contributed by atoms with van der Waals surface area (Å²) >= 11 is 1.47. The first kappa shape index (κ1) is 15.6. The summed E-state index contributed by atoms with van der Waals surface area (Å²) in [5, 5.41) is 0.895. The number of pyridine rings is 1. The van der Waals surface area contributed by atoms with Gasteiger partial charge in [-0.05, 0) is 62.7 Å². The number of aryl methyl sites for hydroxylation is 2. The number of nitrogens with zero attached hydrogens (tertiary/aromatic N) is 1. The predicted octanol–water partition coefficient (Wildman–Crippen LogP) is 4.07. The number of hydrogen-bond donors (Lipinski definition) is 0. The van der Waals surface area contributed by atoms with Gasteiger partial charge in [0.15, 0.2) is 5.78 Å². The van der Waals surface area contributed by atoms with Gasteiger partial charge in [-0.15, -0.1) is 0 Å². The van der Waals surface area contributed by atoms with Crippen LogP contribution in [0.15, 0.2) is 41.4 Å². The molecule has 4 heteroatoms. The fraction of sp³-hybridized carbons (Fsp3) is 0.294. The Balaban J connectivity index is 1.97. The fourth-order valence-corrected chi connectivity index (χ4v) is 2.93. The normalized spacial score (nSPS) is 10.4. The van der Waals surface area contributed by atoms with Crippen LogP contribution < -0.4 is 4.74 Å². The Morgan fingerprint density at radius 1 is 1.19 bits per heavy atom. The van der Waals surface area contributed by atoms with Gasteiger partial charge in [-0.3, -0.25) is 4.79 Å². The van der Waals surface area contributed by atoms with Gasteiger partial charge in [0.1, 0.15) is 5.75 Å². The van der Waals surface area contributed by atoms with Gasteiger partial charge in [-0.2, -0.15) is 0 Å². The minimum absolute atomic E-state index is 0.101. The molecule has 2 aromatic rings. The Labute approximate surface area is 129 Å². The number of Topliss-reactive ketones (excluding diaryl/α,β-unsaturated/α-hetero) is 1. The van der Waals surface area contributed by atoms with Crippen LogP contribution in [0, 0.1) is 13.8 Å². The van der Waals surface area contributed by atoms with Crippen LogP contribution >= 0.6 is 11.8 Å². The average molecular weight is 301 g/mol. The molecule has 1 heterocycles. The lowest BCUT2D eigenvalue weighted by Gasteiger charge is -2.05. The summed E-state index contributed by atoms with van der Waals surface area (Å²) in [6, 6.07) is 11.3. The number of hydrogen-bond acceptors (Lipinski definition) is 4. The van der Waals surface area contributed by atoms with Crippen molar-refractivity contribution < 1.29 is 9.53 Å². The van der Waals surface area contributed by atoms with Crippen LogP contribution in [0.1, 0.15) is 28.5 Å². The molecule has 0 bridgehead atoms. The van der Waals surface area contributed by atoms with E-state index in [2.05, 4.69) is 4.98 Å². The van der Waals surface area contributed by atoms with E-state index in [4.69, 9.17) is 4.74 Å². The van der Waals surface area contributed by atoms with Crippen molar-refractivity contribution in [1.29, 1.82) is 0 Å². The molecule has 0 amide bonds. The van der Waals surface area contributed by atoms with E-state index in [0.29, 0.717) is 17.9 Å². The average Bonchev–Trinajstić information content (AvgIpc) is 2.45. The van der Waals surface area contributed by atoms with Crippen molar-refractivity contribution in [1.82, 2.24) is 4.98 Å². The Morgan fingerprint density at radius 2 is 1.90 bits per heavy atom. The van der Waals surface area contributed by atoms with Crippen LogP contribution in [-0.2, 0) is 0 Å². The topological polar surface area (TPSA) is 39.2 Å². The smallest absolute Gasteiger partial charge is 0.173 e. The Kier molecular flexibility index (Phi) is 5.39. The molecular formula is C17H19NO2S. The van der Waals surface area contributed by atoms with E-state index in [1.54, 1.807) is 0 Å². The summed E-state index contributed by atoms with van der Waals surface area (Å²) in [5.41, 5.74) is 2.85. The number of ketones is 1. The summed E-state index contributed by atoms with van der Waals surface area (Å²) in [6.45, 7) is 6.56. The molecule has 0 aliphatic carbocycles. The number of aromatic nitrogens is 1. The van der Waals surface area contributed by atoms with Crippen molar-refractivity contribution in [2.75, 3.05) is 12.4 Å². The van der Waals surface area contributed by atoms with Gasteiger partial charge >= 0.3 is 0 Å². The van der Waals surface area contributed by atoms with Crippen molar-refractivity contribution >= 4 is 17.5 Å². The first-order valence-corrected chi connectivity index (χ1v) is 7.91. The molecule has 0 aliphatic rings. The molecule has 0 saturated carbocycles. The van der Waals surface area contributed by atoms with Gasteiger partial charge in [0, 0.05) is 11.3 Å². The summed E-state index contributed by atoms with van der Waals surface area (Å²) in [7, 11) is 0. The third kappa shape index (κ3) is 4.60. The molecule has 1 aromatic heterocycles. The van der Waals surface area contributed by atoms with Crippen molar-refractivity contribution in [2.45, 2.75) is 25.8 Å². The molecule has 0 N–H and O–H groups in total. The molecule has 0 unspecified atom stereocenters. The molecule has 0 spiro atoms. The first-order valence-electron chi connectivity index (χ1n) is 6.92. The highest BCUT2D eigenvalue weighted by atomic mass is 32.2. The van der Waals surface area contributed by atoms with E-state index in [1.165, 1.54) is 17.3 Å². The largest absolute Gasteiger partial charge is 0.494 e. The highest BCUT2D eigenvalue weighted by molar-refractivity contribution is 7.99. The van der Waals surface area contributed by atoms with Crippen molar-refractivity contribution in [3.8, 4) is 5.75 Å². The van der Waals surface area contributed by atoms with Crippen LogP contribution in [-0.4, -0.2) is 23.1 Å². The molecule has 21 heavy (non-hydrogen) atoms. The van der Waals surface area contributed by atoms with E-state index < -0.39 is 0 Å². The van der Waals surface area contributed by atoms with Gasteiger partial charge in [0.25, 0.3) is 0 Å². The van der Waals surface area contributed by atoms with Crippen LogP contribution in [0.25, 0.3) is 0 Å². The van der Waals surface area contributed by atoms with E-state index in [9.17, 15) is 4.79 Å². The van der Waals surface area contributed by atoms with E-state index in [1.807, 2.05) is 57.2 Å². The summed E-state index contributed by atoms with van der Waals surface area (Å²) in [6.07, 6.45) is 0. The van der Waals surface area contributed by atoms with Crippen molar-refractivity contribution in [3.05, 3.63) is 53.2 Å². The number of benzene rings is 1. The highest BCUT2D eigenvalue weighted by Gasteiger charge is 2.08. The number of rotatable bonds is 6. The lowest BCUT2D eigenvalue weighted by Crippen LogP contribution is -2.03. The SMILES string of the molecule is CCOc1ccc(C(=O)CSc2cc(C)cc(C)n2)cc1. The zero-order valence-electron chi connectivity index (χ0n) is 12.6. The Morgan fingerprint density at radius 3 is 2.52 bits per heavy atom. The monoisotopic (exact) mass is 301 g/mol. The third-order valence-corrected chi connectivity index (χ3v) is 3.82. The fourth-order valence-electron chi connectivity index (χ4n) is 2.00. The second-order valence-corrected chi connectivity index (χ2v) is 5.79. The van der Waals surface area contributed by atoms with Gasteiger partial charge in [-0.25, -0.2) is 4.98 Å². The standard InChI is InChI=1S/C17H19NO2S/c1-4-20-15-7-5-14(6-8-15)16(19)11-21-17-10-12(2)9-13(3)18-17/h5-10H,4,11H2,1-3H3. The molecule has 2 rings (SSSR count). The van der Waals surface area contributed by atoms with E-state index in [-0.39, 0.29) is 5.78 Å². The highest BCUT2D eigenvalue weighted by Crippen LogP contribution is 2.20. The number of thioether (sulfide) groups is 1. The molecule has 0 saturated heterocycles. The number of carbonyl (C=O) groups is 1. The summed E-state index contributed by atoms with van der Waals surface area (Å²) in [4.78, 5) is 16.6. The zero-order valence-corrected chi connectivity index (χ0v) is 13.4. The Hall–Kier alpha value is -1.81. The number of carbonyl (C=O) groups excluding carboxylic acids is 1. The minimum Gasteiger partial charge on any atom is -0.494 e. The lowest BCUT2D eigenvalue weighted by atomic mass is 10.1. The molecule has 3 nitrogen and oxygen atoms in total. The number of ether oxygens (including phenoxy) is 1. The van der Waals surface area contributed by atoms with Crippen molar-refractivity contribution in [2.24, 2.45) is 0 Å². The quantitative estimate of drug-likeness (QED) is 0.595. The molecule has 0 aliphatic heterocycles. The van der Waals surface area contributed by atoms with Crippen LogP contribution in [0.2, 0.25) is 0 Å². The molecule has 1 aromatic carbocycles. The van der Waals surface area contributed by atoms with E-state index >= 15 is 0 Å². The van der Waals surface area contributed by atoms with Crippen LogP contribution in [0.5, 0.6) is 5.75 Å². The first-order chi connectivity index (χ1) is 10.1. The molecular weight excluding hydrogens is 282 g/mol. The molecule has 0 radical (unpaired) electrons. The summed E-state index contributed by atoms with van der Waals surface area (Å²) < 4.78 is 5.37. The van der Waals surface area contributed by atoms with E-state index in [0.717, 1.165) is 16.5 Å². The molecule has 0 atom stereocenters. The van der Waals surface area contributed by atoms with Crippen molar-refractivity contribution in [3.63, 3.8) is 0 Å². The van der Waals surface area contributed by atoms with Gasteiger partial charge in [0.2, 0.25) is 0 Å². The van der Waals surface area contributed by atoms with Gasteiger partial charge in [-0.1, -0.05) is 11.8 Å². The summed E-state index contributed by atoms with van der Waals surface area (Å²) in [5.74, 6) is 1.28. The molecule has 110 valence electrons.